The fraction of sp³-hybridized carbons (Fsp3) is 0.467. The number of carbonyl (C=O) groups is 1. The van der Waals surface area contributed by atoms with Gasteiger partial charge in [0.25, 0.3) is 0 Å². The fourth-order valence-electron chi connectivity index (χ4n) is 3.03. The number of amides is 1. The first-order valence-electron chi connectivity index (χ1n) is 6.94. The van der Waals surface area contributed by atoms with E-state index in [1.807, 2.05) is 28.8 Å². The molecule has 0 radical (unpaired) electrons. The Balaban J connectivity index is 1.90. The van der Waals surface area contributed by atoms with E-state index in [9.17, 15) is 4.79 Å². The van der Waals surface area contributed by atoms with Crippen LogP contribution in [0.1, 0.15) is 31.4 Å². The van der Waals surface area contributed by atoms with E-state index in [4.69, 9.17) is 11.6 Å². The summed E-state index contributed by atoms with van der Waals surface area (Å²) in [4.78, 5) is 13.3. The second-order valence-corrected chi connectivity index (χ2v) is 5.89. The van der Waals surface area contributed by atoms with Gasteiger partial charge in [0.15, 0.2) is 0 Å². The minimum atomic E-state index is 0.168. The average Bonchev–Trinajstić information content (AvgIpc) is 2.76. The zero-order chi connectivity index (χ0) is 14.3. The molecule has 3 rings (SSSR count). The molecule has 1 amide bonds. The van der Waals surface area contributed by atoms with Crippen molar-refractivity contribution in [1.29, 1.82) is 0 Å². The molecule has 1 saturated heterocycles. The Morgan fingerprint density at radius 2 is 2.05 bits per heavy atom. The molecule has 0 atom stereocenters. The van der Waals surface area contributed by atoms with Crippen LogP contribution in [-0.2, 0) is 11.8 Å². The molecular formula is C15H18ClN3O. The molecule has 1 aromatic carbocycles. The summed E-state index contributed by atoms with van der Waals surface area (Å²) in [5, 5.41) is 6.59. The summed E-state index contributed by atoms with van der Waals surface area (Å²) in [7, 11) is 1.95. The first-order valence-corrected chi connectivity index (χ1v) is 7.31. The summed E-state index contributed by atoms with van der Waals surface area (Å²) in [5.74, 6) is 0.594. The molecule has 0 N–H and O–H groups in total. The third-order valence-corrected chi connectivity index (χ3v) is 4.40. The van der Waals surface area contributed by atoms with Crippen molar-refractivity contribution in [3.8, 4) is 0 Å². The number of fused-ring (bicyclic) bond motifs is 1. The highest BCUT2D eigenvalue weighted by Crippen LogP contribution is 2.33. The Bertz CT molecular complexity index is 656. The second kappa shape index (κ2) is 5.09. The van der Waals surface area contributed by atoms with Gasteiger partial charge in [-0.25, -0.2) is 0 Å². The highest BCUT2D eigenvalue weighted by molar-refractivity contribution is 6.31. The van der Waals surface area contributed by atoms with Gasteiger partial charge in [-0.3, -0.25) is 9.48 Å². The zero-order valence-corrected chi connectivity index (χ0v) is 12.5. The van der Waals surface area contributed by atoms with Gasteiger partial charge in [-0.05, 0) is 31.0 Å². The van der Waals surface area contributed by atoms with Crippen LogP contribution in [0.3, 0.4) is 0 Å². The Labute approximate surface area is 123 Å². The monoisotopic (exact) mass is 291 g/mol. The van der Waals surface area contributed by atoms with Crippen molar-refractivity contribution >= 4 is 28.4 Å². The lowest BCUT2D eigenvalue weighted by Gasteiger charge is -2.30. The predicted octanol–water partition coefficient (Wildman–Crippen LogP) is 2.95. The molecule has 2 aromatic rings. The standard InChI is InChI=1S/C15H18ClN3O/c1-10(20)19-7-5-11(6-8-19)15-13-4-3-12(16)9-14(13)18(2)17-15/h3-4,9,11H,5-8H2,1-2H3. The summed E-state index contributed by atoms with van der Waals surface area (Å²) < 4.78 is 1.90. The number of aryl methyl sites for hydroxylation is 1. The summed E-state index contributed by atoms with van der Waals surface area (Å²) in [5.41, 5.74) is 2.21. The van der Waals surface area contributed by atoms with E-state index in [-0.39, 0.29) is 5.91 Å². The molecule has 1 fully saturated rings. The highest BCUT2D eigenvalue weighted by Gasteiger charge is 2.25. The van der Waals surface area contributed by atoms with Crippen LogP contribution in [0.25, 0.3) is 10.9 Å². The summed E-state index contributed by atoms with van der Waals surface area (Å²) in [6, 6.07) is 5.93. The van der Waals surface area contributed by atoms with E-state index in [1.54, 1.807) is 6.92 Å². The quantitative estimate of drug-likeness (QED) is 0.810. The molecule has 1 aliphatic rings. The van der Waals surface area contributed by atoms with E-state index in [0.29, 0.717) is 5.92 Å². The van der Waals surface area contributed by atoms with E-state index in [0.717, 1.165) is 42.2 Å². The second-order valence-electron chi connectivity index (χ2n) is 5.45. The van der Waals surface area contributed by atoms with Crippen LogP contribution < -0.4 is 0 Å². The zero-order valence-electron chi connectivity index (χ0n) is 11.8. The Morgan fingerprint density at radius 3 is 2.70 bits per heavy atom. The van der Waals surface area contributed by atoms with Crippen molar-refractivity contribution in [3.63, 3.8) is 0 Å². The van der Waals surface area contributed by atoms with Crippen LogP contribution in [0.4, 0.5) is 0 Å². The molecule has 2 heterocycles. The number of likely N-dealkylation sites (tertiary alicyclic amines) is 1. The molecule has 0 spiro atoms. The van der Waals surface area contributed by atoms with Gasteiger partial charge in [-0.15, -0.1) is 0 Å². The van der Waals surface area contributed by atoms with Crippen molar-refractivity contribution < 1.29 is 4.79 Å². The number of piperidine rings is 1. The summed E-state index contributed by atoms with van der Waals surface area (Å²) in [6.45, 7) is 3.29. The highest BCUT2D eigenvalue weighted by atomic mass is 35.5. The van der Waals surface area contributed by atoms with Crippen LogP contribution in [0, 0.1) is 0 Å². The third-order valence-electron chi connectivity index (χ3n) is 4.17. The molecule has 5 heteroatoms. The van der Waals surface area contributed by atoms with Gasteiger partial charge in [0.05, 0.1) is 11.2 Å². The minimum Gasteiger partial charge on any atom is -0.343 e. The van der Waals surface area contributed by atoms with Crippen molar-refractivity contribution in [2.24, 2.45) is 7.05 Å². The number of hydrogen-bond acceptors (Lipinski definition) is 2. The summed E-state index contributed by atoms with van der Waals surface area (Å²) >= 11 is 6.05. The molecule has 1 aliphatic heterocycles. The topological polar surface area (TPSA) is 38.1 Å². The number of carbonyl (C=O) groups excluding carboxylic acids is 1. The predicted molar refractivity (Wildman–Crippen MR) is 80.0 cm³/mol. The number of nitrogens with zero attached hydrogens (tertiary/aromatic N) is 3. The maximum absolute atomic E-state index is 11.4. The maximum Gasteiger partial charge on any atom is 0.219 e. The Hall–Kier alpha value is -1.55. The lowest BCUT2D eigenvalue weighted by molar-refractivity contribution is -0.129. The van der Waals surface area contributed by atoms with E-state index >= 15 is 0 Å². The number of benzene rings is 1. The molecular weight excluding hydrogens is 274 g/mol. The lowest BCUT2D eigenvalue weighted by atomic mass is 9.91. The smallest absolute Gasteiger partial charge is 0.219 e. The van der Waals surface area contributed by atoms with Crippen LogP contribution in [-0.4, -0.2) is 33.7 Å². The normalized spacial score (nSPS) is 16.9. The largest absolute Gasteiger partial charge is 0.343 e. The molecule has 0 bridgehead atoms. The van der Waals surface area contributed by atoms with Crippen molar-refractivity contribution in [1.82, 2.24) is 14.7 Å². The molecule has 0 aliphatic carbocycles. The van der Waals surface area contributed by atoms with Gasteiger partial charge in [-0.1, -0.05) is 11.6 Å². The first-order chi connectivity index (χ1) is 9.56. The van der Waals surface area contributed by atoms with E-state index in [2.05, 4.69) is 11.2 Å². The molecule has 0 saturated carbocycles. The number of hydrogen-bond donors (Lipinski definition) is 0. The van der Waals surface area contributed by atoms with Crippen LogP contribution in [0.2, 0.25) is 5.02 Å². The first kappa shape index (κ1) is 13.4. The number of aromatic nitrogens is 2. The molecule has 20 heavy (non-hydrogen) atoms. The molecule has 1 aromatic heterocycles. The summed E-state index contributed by atoms with van der Waals surface area (Å²) in [6.07, 6.45) is 1.96. The SMILES string of the molecule is CC(=O)N1CCC(c2nn(C)c3cc(Cl)ccc23)CC1. The fourth-order valence-corrected chi connectivity index (χ4v) is 3.19. The Morgan fingerprint density at radius 1 is 1.35 bits per heavy atom. The average molecular weight is 292 g/mol. The number of rotatable bonds is 1. The third kappa shape index (κ3) is 2.29. The van der Waals surface area contributed by atoms with Gasteiger partial charge < -0.3 is 4.90 Å². The molecule has 106 valence electrons. The van der Waals surface area contributed by atoms with Crippen LogP contribution >= 0.6 is 11.6 Å². The van der Waals surface area contributed by atoms with Crippen molar-refractivity contribution in [2.45, 2.75) is 25.7 Å². The van der Waals surface area contributed by atoms with Crippen molar-refractivity contribution in [3.05, 3.63) is 28.9 Å². The lowest BCUT2D eigenvalue weighted by Crippen LogP contribution is -2.36. The van der Waals surface area contributed by atoms with Gasteiger partial charge in [-0.2, -0.15) is 5.10 Å². The Kier molecular flexibility index (Phi) is 3.42. The maximum atomic E-state index is 11.4. The van der Waals surface area contributed by atoms with Crippen molar-refractivity contribution in [2.75, 3.05) is 13.1 Å². The number of halogens is 1. The van der Waals surface area contributed by atoms with Gasteiger partial charge in [0.2, 0.25) is 5.91 Å². The van der Waals surface area contributed by atoms with Crippen LogP contribution in [0.5, 0.6) is 0 Å². The molecule has 4 nitrogen and oxygen atoms in total. The van der Waals surface area contributed by atoms with Crippen LogP contribution in [0.15, 0.2) is 18.2 Å². The minimum absolute atomic E-state index is 0.168. The molecule has 0 unspecified atom stereocenters. The van der Waals surface area contributed by atoms with Gasteiger partial charge in [0, 0.05) is 43.4 Å². The van der Waals surface area contributed by atoms with Gasteiger partial charge in [0.1, 0.15) is 0 Å². The van der Waals surface area contributed by atoms with E-state index in [1.165, 1.54) is 5.39 Å². The van der Waals surface area contributed by atoms with Gasteiger partial charge >= 0.3 is 0 Å². The van der Waals surface area contributed by atoms with E-state index < -0.39 is 0 Å².